The molecule has 0 bridgehead atoms. The van der Waals surface area contributed by atoms with Crippen molar-refractivity contribution in [3.05, 3.63) is 12.4 Å². The van der Waals surface area contributed by atoms with Gasteiger partial charge in [-0.2, -0.15) is 5.10 Å². The molecule has 2 rings (SSSR count). The summed E-state index contributed by atoms with van der Waals surface area (Å²) in [5.41, 5.74) is 0.741. The van der Waals surface area contributed by atoms with Gasteiger partial charge in [-0.05, 0) is 19.8 Å². The number of aryl methyl sites for hydroxylation is 1. The largest absolute Gasteiger partial charge is 0.335 e. The first-order valence-corrected chi connectivity index (χ1v) is 4.88. The Hall–Kier alpha value is -1.52. The van der Waals surface area contributed by atoms with Crippen LogP contribution in [0.3, 0.4) is 0 Å². The van der Waals surface area contributed by atoms with Crippen molar-refractivity contribution in [1.82, 2.24) is 15.1 Å². The molecule has 5 heteroatoms. The molecule has 0 unspecified atom stereocenters. The van der Waals surface area contributed by atoms with Gasteiger partial charge in [-0.1, -0.05) is 0 Å². The van der Waals surface area contributed by atoms with Crippen LogP contribution in [0.1, 0.15) is 19.8 Å². The summed E-state index contributed by atoms with van der Waals surface area (Å²) < 4.78 is 1.77. The molecule has 1 saturated carbocycles. The molecule has 0 spiro atoms. The van der Waals surface area contributed by atoms with Crippen LogP contribution in [-0.2, 0) is 6.54 Å². The van der Waals surface area contributed by atoms with Gasteiger partial charge in [-0.15, -0.1) is 0 Å². The molecule has 1 aliphatic carbocycles. The number of rotatable bonds is 3. The highest BCUT2D eigenvalue weighted by Gasteiger charge is 2.23. The summed E-state index contributed by atoms with van der Waals surface area (Å²) in [6.07, 6.45) is 5.66. The minimum Gasteiger partial charge on any atom is -0.335 e. The van der Waals surface area contributed by atoms with Crippen LogP contribution in [0.15, 0.2) is 12.4 Å². The van der Waals surface area contributed by atoms with Crippen molar-refractivity contribution in [2.45, 2.75) is 32.4 Å². The molecule has 5 nitrogen and oxygen atoms in total. The van der Waals surface area contributed by atoms with Crippen molar-refractivity contribution in [2.75, 3.05) is 5.32 Å². The second-order valence-corrected chi connectivity index (χ2v) is 3.46. The molecule has 2 N–H and O–H groups in total. The van der Waals surface area contributed by atoms with E-state index >= 15 is 0 Å². The van der Waals surface area contributed by atoms with Crippen LogP contribution in [0.2, 0.25) is 0 Å². The molecule has 14 heavy (non-hydrogen) atoms. The number of nitrogens with zero attached hydrogens (tertiary/aromatic N) is 2. The highest BCUT2D eigenvalue weighted by Crippen LogP contribution is 2.18. The summed E-state index contributed by atoms with van der Waals surface area (Å²) in [4.78, 5) is 11.3. The van der Waals surface area contributed by atoms with Gasteiger partial charge in [0.15, 0.2) is 0 Å². The second-order valence-electron chi connectivity index (χ2n) is 3.46. The molecule has 0 aliphatic heterocycles. The number of nitrogens with one attached hydrogen (secondary N) is 2. The van der Waals surface area contributed by atoms with Gasteiger partial charge < -0.3 is 10.6 Å². The zero-order chi connectivity index (χ0) is 9.97. The summed E-state index contributed by atoms with van der Waals surface area (Å²) in [5, 5.41) is 9.63. The Morgan fingerprint density at radius 1 is 1.71 bits per heavy atom. The maximum absolute atomic E-state index is 11.3. The summed E-state index contributed by atoms with van der Waals surface area (Å²) in [5.74, 6) is 0. The van der Waals surface area contributed by atoms with Gasteiger partial charge in [0.2, 0.25) is 0 Å². The lowest BCUT2D eigenvalue weighted by atomic mass is 10.5. The maximum Gasteiger partial charge on any atom is 0.319 e. The smallest absolute Gasteiger partial charge is 0.319 e. The van der Waals surface area contributed by atoms with Crippen LogP contribution in [0.5, 0.6) is 0 Å². The Kier molecular flexibility index (Phi) is 2.39. The monoisotopic (exact) mass is 194 g/mol. The Bertz CT molecular complexity index is 329. The van der Waals surface area contributed by atoms with Gasteiger partial charge in [-0.25, -0.2) is 4.79 Å². The number of hydrogen-bond donors (Lipinski definition) is 2. The fraction of sp³-hybridized carbons (Fsp3) is 0.556. The topological polar surface area (TPSA) is 59.0 Å². The van der Waals surface area contributed by atoms with Crippen molar-refractivity contribution in [2.24, 2.45) is 0 Å². The third-order valence-electron chi connectivity index (χ3n) is 2.13. The third kappa shape index (κ3) is 2.25. The lowest BCUT2D eigenvalue weighted by Crippen LogP contribution is -2.30. The zero-order valence-corrected chi connectivity index (χ0v) is 8.16. The Labute approximate surface area is 82.5 Å². The summed E-state index contributed by atoms with van der Waals surface area (Å²) in [6, 6.07) is 0.249. The standard InChI is InChI=1S/C9H14N4O/c1-2-13-6-8(5-10-13)12-9(14)11-7-3-4-7/h5-7H,2-4H2,1H3,(H2,11,12,14). The fourth-order valence-corrected chi connectivity index (χ4v) is 1.18. The van der Waals surface area contributed by atoms with Crippen molar-refractivity contribution in [1.29, 1.82) is 0 Å². The lowest BCUT2D eigenvalue weighted by Gasteiger charge is -2.02. The quantitative estimate of drug-likeness (QED) is 0.759. The van der Waals surface area contributed by atoms with Crippen molar-refractivity contribution < 1.29 is 4.79 Å². The van der Waals surface area contributed by atoms with E-state index in [-0.39, 0.29) is 6.03 Å². The SMILES string of the molecule is CCn1cc(NC(=O)NC2CC2)cn1. The normalized spacial score (nSPS) is 15.2. The maximum atomic E-state index is 11.3. The molecule has 2 amide bonds. The fourth-order valence-electron chi connectivity index (χ4n) is 1.18. The first-order chi connectivity index (χ1) is 6.78. The van der Waals surface area contributed by atoms with Gasteiger partial charge in [0.25, 0.3) is 0 Å². The zero-order valence-electron chi connectivity index (χ0n) is 8.16. The van der Waals surface area contributed by atoms with E-state index in [1.807, 2.05) is 13.1 Å². The van der Waals surface area contributed by atoms with E-state index < -0.39 is 0 Å². The second kappa shape index (κ2) is 3.69. The Balaban J connectivity index is 1.85. The summed E-state index contributed by atoms with van der Waals surface area (Å²) >= 11 is 0. The molecule has 1 fully saturated rings. The molecule has 0 atom stereocenters. The number of aromatic nitrogens is 2. The van der Waals surface area contributed by atoms with E-state index in [1.54, 1.807) is 10.9 Å². The molecule has 1 aromatic heterocycles. The van der Waals surface area contributed by atoms with Crippen molar-refractivity contribution in [3.8, 4) is 0 Å². The van der Waals surface area contributed by atoms with E-state index in [4.69, 9.17) is 0 Å². The van der Waals surface area contributed by atoms with E-state index in [2.05, 4.69) is 15.7 Å². The van der Waals surface area contributed by atoms with Crippen LogP contribution < -0.4 is 10.6 Å². The molecule has 0 aromatic carbocycles. The molecule has 0 radical (unpaired) electrons. The predicted octanol–water partition coefficient (Wildman–Crippen LogP) is 1.19. The Morgan fingerprint density at radius 3 is 3.07 bits per heavy atom. The average molecular weight is 194 g/mol. The van der Waals surface area contributed by atoms with Crippen LogP contribution in [-0.4, -0.2) is 21.9 Å². The first-order valence-electron chi connectivity index (χ1n) is 4.88. The van der Waals surface area contributed by atoms with Crippen LogP contribution >= 0.6 is 0 Å². The van der Waals surface area contributed by atoms with E-state index in [0.29, 0.717) is 6.04 Å². The highest BCUT2D eigenvalue weighted by molar-refractivity contribution is 5.89. The first kappa shape index (κ1) is 9.05. The van der Waals surface area contributed by atoms with E-state index in [1.165, 1.54) is 0 Å². The highest BCUT2D eigenvalue weighted by atomic mass is 16.2. The average Bonchev–Trinajstić information content (AvgIpc) is 2.83. The number of urea groups is 1. The summed E-state index contributed by atoms with van der Waals surface area (Å²) in [6.45, 7) is 2.81. The number of anilines is 1. The minimum atomic E-state index is -0.136. The van der Waals surface area contributed by atoms with Gasteiger partial charge in [0.1, 0.15) is 0 Å². The number of hydrogen-bond acceptors (Lipinski definition) is 2. The number of carbonyl (C=O) groups excluding carboxylic acids is 1. The third-order valence-corrected chi connectivity index (χ3v) is 2.13. The molecule has 1 heterocycles. The molecular weight excluding hydrogens is 180 g/mol. The van der Waals surface area contributed by atoms with E-state index in [9.17, 15) is 4.79 Å². The van der Waals surface area contributed by atoms with Gasteiger partial charge in [-0.3, -0.25) is 4.68 Å². The molecule has 76 valence electrons. The van der Waals surface area contributed by atoms with Crippen LogP contribution in [0.4, 0.5) is 10.5 Å². The number of carbonyl (C=O) groups is 1. The van der Waals surface area contributed by atoms with Crippen molar-refractivity contribution >= 4 is 11.7 Å². The molecule has 0 saturated heterocycles. The predicted molar refractivity (Wildman–Crippen MR) is 53.1 cm³/mol. The van der Waals surface area contributed by atoms with Crippen molar-refractivity contribution in [3.63, 3.8) is 0 Å². The van der Waals surface area contributed by atoms with E-state index in [0.717, 1.165) is 25.1 Å². The van der Waals surface area contributed by atoms with Gasteiger partial charge in [0, 0.05) is 18.8 Å². The van der Waals surface area contributed by atoms with Gasteiger partial charge in [0.05, 0.1) is 11.9 Å². The summed E-state index contributed by atoms with van der Waals surface area (Å²) in [7, 11) is 0. The van der Waals surface area contributed by atoms with Crippen LogP contribution in [0, 0.1) is 0 Å². The number of amides is 2. The van der Waals surface area contributed by atoms with Crippen LogP contribution in [0.25, 0.3) is 0 Å². The minimum absolute atomic E-state index is 0.136. The molecule has 1 aromatic rings. The lowest BCUT2D eigenvalue weighted by molar-refractivity contribution is 0.251. The molecular formula is C9H14N4O. The van der Waals surface area contributed by atoms with Gasteiger partial charge >= 0.3 is 6.03 Å². The molecule has 1 aliphatic rings. The Morgan fingerprint density at radius 2 is 2.50 bits per heavy atom.